The molecule has 1 aliphatic heterocycles. The number of halogens is 1. The van der Waals surface area contributed by atoms with Crippen LogP contribution in [-0.2, 0) is 0 Å². The summed E-state index contributed by atoms with van der Waals surface area (Å²) in [6.45, 7) is 4.82. The van der Waals surface area contributed by atoms with E-state index in [-0.39, 0.29) is 11.5 Å². The zero-order chi connectivity index (χ0) is 20.8. The molecule has 3 heterocycles. The van der Waals surface area contributed by atoms with Crippen LogP contribution < -0.4 is 10.5 Å². The molecule has 1 fully saturated rings. The van der Waals surface area contributed by atoms with E-state index in [9.17, 15) is 9.59 Å². The number of aryl methyl sites for hydroxylation is 1. The highest BCUT2D eigenvalue weighted by molar-refractivity contribution is 6.31. The van der Waals surface area contributed by atoms with Crippen LogP contribution in [0.4, 0.5) is 5.69 Å². The predicted octanol–water partition coefficient (Wildman–Crippen LogP) is 3.93. The number of nitrogens with zero attached hydrogens (tertiary/aromatic N) is 2. The SMILES string of the molecule is Cc1cc(N2CCN(C(=O)c3cc4cc(Cl)ccc4[nH]3)CC2)cc2ccc(=O)[nH]c12. The number of pyridine rings is 1. The van der Waals surface area contributed by atoms with Crippen LogP contribution in [0.3, 0.4) is 0 Å². The Balaban J connectivity index is 1.33. The minimum Gasteiger partial charge on any atom is -0.368 e. The first-order chi connectivity index (χ1) is 14.5. The van der Waals surface area contributed by atoms with Gasteiger partial charge in [0.15, 0.2) is 0 Å². The third kappa shape index (κ3) is 3.33. The topological polar surface area (TPSA) is 72.2 Å². The Bertz CT molecular complexity index is 1330. The van der Waals surface area contributed by atoms with Crippen molar-refractivity contribution in [3.05, 3.63) is 75.2 Å². The third-order valence-electron chi connectivity index (χ3n) is 5.76. The number of aromatic amines is 2. The van der Waals surface area contributed by atoms with Gasteiger partial charge in [-0.05, 0) is 55.0 Å². The maximum atomic E-state index is 13.0. The minimum absolute atomic E-state index is 0.00856. The van der Waals surface area contributed by atoms with Crippen LogP contribution in [0.15, 0.2) is 53.3 Å². The maximum absolute atomic E-state index is 13.0. The number of anilines is 1. The molecule has 5 rings (SSSR count). The fourth-order valence-corrected chi connectivity index (χ4v) is 4.35. The van der Waals surface area contributed by atoms with Gasteiger partial charge in [0.2, 0.25) is 5.56 Å². The third-order valence-corrected chi connectivity index (χ3v) is 5.99. The van der Waals surface area contributed by atoms with Gasteiger partial charge in [0.25, 0.3) is 5.91 Å². The summed E-state index contributed by atoms with van der Waals surface area (Å²) in [4.78, 5) is 34.8. The van der Waals surface area contributed by atoms with Crippen molar-refractivity contribution in [3.63, 3.8) is 0 Å². The number of hydrogen-bond donors (Lipinski definition) is 2. The van der Waals surface area contributed by atoms with Gasteiger partial charge in [-0.15, -0.1) is 0 Å². The molecule has 4 aromatic rings. The quantitative estimate of drug-likeness (QED) is 0.516. The molecule has 0 radical (unpaired) electrons. The van der Waals surface area contributed by atoms with Gasteiger partial charge in [0.1, 0.15) is 5.69 Å². The molecule has 2 aromatic carbocycles. The number of hydrogen-bond acceptors (Lipinski definition) is 3. The summed E-state index contributed by atoms with van der Waals surface area (Å²) in [5.74, 6) is 0.00856. The summed E-state index contributed by atoms with van der Waals surface area (Å²) < 4.78 is 0. The van der Waals surface area contributed by atoms with Gasteiger partial charge in [-0.3, -0.25) is 9.59 Å². The van der Waals surface area contributed by atoms with E-state index in [1.165, 1.54) is 0 Å². The Hall–Kier alpha value is -3.25. The van der Waals surface area contributed by atoms with Crippen LogP contribution in [0.5, 0.6) is 0 Å². The van der Waals surface area contributed by atoms with Crippen LogP contribution in [-0.4, -0.2) is 47.0 Å². The van der Waals surface area contributed by atoms with Crippen molar-refractivity contribution in [2.45, 2.75) is 6.92 Å². The lowest BCUT2D eigenvalue weighted by atomic mass is 10.1. The number of aromatic nitrogens is 2. The monoisotopic (exact) mass is 420 g/mol. The summed E-state index contributed by atoms with van der Waals surface area (Å²) in [7, 11) is 0. The Morgan fingerprint density at radius 1 is 0.933 bits per heavy atom. The van der Waals surface area contributed by atoms with Crippen molar-refractivity contribution in [1.29, 1.82) is 0 Å². The second kappa shape index (κ2) is 7.22. The van der Waals surface area contributed by atoms with Crippen LogP contribution in [0.25, 0.3) is 21.8 Å². The molecule has 0 spiro atoms. The zero-order valence-electron chi connectivity index (χ0n) is 16.5. The van der Waals surface area contributed by atoms with Gasteiger partial charge in [-0.1, -0.05) is 11.6 Å². The summed E-state index contributed by atoms with van der Waals surface area (Å²) in [5, 5.41) is 2.61. The summed E-state index contributed by atoms with van der Waals surface area (Å²) in [6, 6.07) is 15.0. The number of piperazine rings is 1. The fraction of sp³-hybridized carbons (Fsp3) is 0.217. The molecule has 0 aliphatic carbocycles. The summed E-state index contributed by atoms with van der Waals surface area (Å²) in [5.41, 5.74) is 4.43. The Morgan fingerprint density at radius 3 is 2.53 bits per heavy atom. The summed E-state index contributed by atoms with van der Waals surface area (Å²) >= 11 is 6.05. The minimum atomic E-state index is -0.0928. The van der Waals surface area contributed by atoms with E-state index in [1.807, 2.05) is 42.2 Å². The standard InChI is InChI=1S/C23H21ClN4O2/c1-14-10-18(12-15-2-5-21(29)26-22(14)15)27-6-8-28(9-7-27)23(30)20-13-16-11-17(24)3-4-19(16)25-20/h2-5,10-13,25H,6-9H2,1H3,(H,26,29). The molecule has 1 aliphatic rings. The molecule has 6 nitrogen and oxygen atoms in total. The molecular weight excluding hydrogens is 400 g/mol. The van der Waals surface area contributed by atoms with E-state index in [2.05, 4.69) is 27.0 Å². The van der Waals surface area contributed by atoms with Gasteiger partial charge in [0.05, 0.1) is 5.52 Å². The first-order valence-electron chi connectivity index (χ1n) is 9.94. The Morgan fingerprint density at radius 2 is 1.73 bits per heavy atom. The van der Waals surface area contributed by atoms with Crippen molar-refractivity contribution in [3.8, 4) is 0 Å². The fourth-order valence-electron chi connectivity index (χ4n) is 4.17. The first kappa shape index (κ1) is 18.8. The molecule has 0 atom stereocenters. The molecule has 0 saturated carbocycles. The highest BCUT2D eigenvalue weighted by Gasteiger charge is 2.24. The number of rotatable bonds is 2. The number of H-pyrrole nitrogens is 2. The zero-order valence-corrected chi connectivity index (χ0v) is 17.3. The van der Waals surface area contributed by atoms with Crippen molar-refractivity contribution in [2.75, 3.05) is 31.1 Å². The molecular formula is C23H21ClN4O2. The molecule has 7 heteroatoms. The lowest BCUT2D eigenvalue weighted by molar-refractivity contribution is 0.0742. The molecule has 2 N–H and O–H groups in total. The lowest BCUT2D eigenvalue weighted by Gasteiger charge is -2.36. The highest BCUT2D eigenvalue weighted by atomic mass is 35.5. The van der Waals surface area contributed by atoms with Crippen molar-refractivity contribution >= 4 is 45.0 Å². The van der Waals surface area contributed by atoms with Crippen LogP contribution in [0.1, 0.15) is 16.1 Å². The number of carbonyl (C=O) groups excluding carboxylic acids is 1. The van der Waals surface area contributed by atoms with Crippen LogP contribution in [0.2, 0.25) is 5.02 Å². The van der Waals surface area contributed by atoms with Crippen LogP contribution >= 0.6 is 11.6 Å². The van der Waals surface area contributed by atoms with E-state index in [1.54, 1.807) is 6.07 Å². The normalized spacial score (nSPS) is 14.6. The number of benzene rings is 2. The molecule has 2 aromatic heterocycles. The largest absolute Gasteiger partial charge is 0.368 e. The van der Waals surface area contributed by atoms with Gasteiger partial charge in [-0.2, -0.15) is 0 Å². The Labute approximate surface area is 178 Å². The molecule has 152 valence electrons. The van der Waals surface area contributed by atoms with Gasteiger partial charge >= 0.3 is 0 Å². The number of nitrogens with one attached hydrogen (secondary N) is 2. The first-order valence-corrected chi connectivity index (χ1v) is 10.3. The smallest absolute Gasteiger partial charge is 0.270 e. The van der Waals surface area contributed by atoms with Gasteiger partial charge in [-0.25, -0.2) is 0 Å². The highest BCUT2D eigenvalue weighted by Crippen LogP contribution is 2.26. The molecule has 1 amide bonds. The van der Waals surface area contributed by atoms with Crippen molar-refractivity contribution in [1.82, 2.24) is 14.9 Å². The average Bonchev–Trinajstić information content (AvgIpc) is 3.17. The molecule has 1 saturated heterocycles. The second-order valence-corrected chi connectivity index (χ2v) is 8.18. The van der Waals surface area contributed by atoms with E-state index >= 15 is 0 Å². The lowest BCUT2D eigenvalue weighted by Crippen LogP contribution is -2.48. The van der Waals surface area contributed by atoms with E-state index in [0.717, 1.165) is 46.1 Å². The molecule has 30 heavy (non-hydrogen) atoms. The van der Waals surface area contributed by atoms with Crippen molar-refractivity contribution in [2.24, 2.45) is 0 Å². The predicted molar refractivity (Wildman–Crippen MR) is 121 cm³/mol. The van der Waals surface area contributed by atoms with Crippen LogP contribution in [0, 0.1) is 6.92 Å². The second-order valence-electron chi connectivity index (χ2n) is 7.74. The Kier molecular flexibility index (Phi) is 4.51. The van der Waals surface area contributed by atoms with Gasteiger partial charge < -0.3 is 19.8 Å². The molecule has 0 unspecified atom stereocenters. The number of carbonyl (C=O) groups is 1. The van der Waals surface area contributed by atoms with E-state index in [0.29, 0.717) is 23.8 Å². The van der Waals surface area contributed by atoms with E-state index < -0.39 is 0 Å². The van der Waals surface area contributed by atoms with E-state index in [4.69, 9.17) is 11.6 Å². The molecule has 0 bridgehead atoms. The summed E-state index contributed by atoms with van der Waals surface area (Å²) in [6.07, 6.45) is 0. The average molecular weight is 421 g/mol. The number of amides is 1. The van der Waals surface area contributed by atoms with Gasteiger partial charge in [0, 0.05) is 59.2 Å². The van der Waals surface area contributed by atoms with Crippen molar-refractivity contribution < 1.29 is 4.79 Å². The number of fused-ring (bicyclic) bond motifs is 2. The maximum Gasteiger partial charge on any atom is 0.270 e.